The van der Waals surface area contributed by atoms with Crippen LogP contribution in [0.3, 0.4) is 0 Å². The normalized spacial score (nSPS) is 11.6. The summed E-state index contributed by atoms with van der Waals surface area (Å²) in [4.78, 5) is 34.3. The molecule has 5 rings (SSSR count). The molecule has 0 fully saturated rings. The van der Waals surface area contributed by atoms with Gasteiger partial charge in [0, 0.05) is 25.6 Å². The van der Waals surface area contributed by atoms with Crippen molar-refractivity contribution in [1.29, 1.82) is 0 Å². The lowest BCUT2D eigenvalue weighted by atomic mass is 10.2. The van der Waals surface area contributed by atoms with Crippen LogP contribution >= 0.6 is 46.2 Å². The Hall–Kier alpha value is -2.40. The molecule has 0 saturated heterocycles. The summed E-state index contributed by atoms with van der Waals surface area (Å²) in [7, 11) is 3.54. The van der Waals surface area contributed by atoms with Crippen molar-refractivity contribution < 1.29 is 0 Å². The van der Waals surface area contributed by atoms with Crippen LogP contribution in [0.15, 0.2) is 67.1 Å². The van der Waals surface area contributed by atoms with Crippen molar-refractivity contribution in [2.75, 3.05) is 0 Å². The zero-order valence-corrected chi connectivity index (χ0v) is 20.5. The maximum Gasteiger partial charge on any atom is 0.271 e. The van der Waals surface area contributed by atoms with E-state index in [9.17, 15) is 9.59 Å². The highest BCUT2D eigenvalue weighted by Crippen LogP contribution is 2.26. The first-order chi connectivity index (χ1) is 15.5. The van der Waals surface area contributed by atoms with Gasteiger partial charge in [-0.15, -0.1) is 22.7 Å². The summed E-state index contributed by atoms with van der Waals surface area (Å²) >= 11 is 5.96. The Morgan fingerprint density at radius 2 is 1.25 bits per heavy atom. The van der Waals surface area contributed by atoms with E-state index in [1.165, 1.54) is 22.7 Å². The molecule has 0 N–H and O–H groups in total. The predicted octanol–water partition coefficient (Wildman–Crippen LogP) is 4.89. The van der Waals surface area contributed by atoms with E-state index in [2.05, 4.69) is 28.2 Å². The average molecular weight is 499 g/mol. The molecular weight excluding hydrogens is 481 g/mol. The fourth-order valence-electron chi connectivity index (χ4n) is 3.30. The molecule has 5 aromatic rings. The molecule has 10 heteroatoms. The second-order valence-corrected chi connectivity index (χ2v) is 10.9. The number of aromatic nitrogens is 4. The SMILES string of the molecule is Cn1c(SCc2cccc(CSc3nc4ccsc4c(=O)n3C)c2)nc2ccsc2c1=O. The highest BCUT2D eigenvalue weighted by Gasteiger charge is 2.12. The van der Waals surface area contributed by atoms with Crippen molar-refractivity contribution in [1.82, 2.24) is 19.1 Å². The van der Waals surface area contributed by atoms with Gasteiger partial charge in [0.05, 0.1) is 11.0 Å². The summed E-state index contributed by atoms with van der Waals surface area (Å²) in [6.07, 6.45) is 0. The summed E-state index contributed by atoms with van der Waals surface area (Å²) in [6, 6.07) is 12.1. The standard InChI is InChI=1S/C22H18N4O2S4/c1-25-19(27)17-15(6-8-29-17)23-21(25)31-11-13-4-3-5-14(10-13)12-32-22-24-16-7-9-30-18(16)20(28)26(22)2/h3-10H,11-12H2,1-2H3. The van der Waals surface area contributed by atoms with E-state index in [0.29, 0.717) is 31.2 Å². The molecule has 0 radical (unpaired) electrons. The fraction of sp³-hybridized carbons (Fsp3) is 0.182. The quantitative estimate of drug-likeness (QED) is 0.245. The Kier molecular flexibility index (Phi) is 5.93. The van der Waals surface area contributed by atoms with E-state index in [4.69, 9.17) is 0 Å². The number of benzene rings is 1. The molecule has 162 valence electrons. The molecular formula is C22H18N4O2S4. The van der Waals surface area contributed by atoms with Gasteiger partial charge in [0.2, 0.25) is 0 Å². The van der Waals surface area contributed by atoms with Gasteiger partial charge in [0.25, 0.3) is 11.1 Å². The molecule has 4 aromatic heterocycles. The van der Waals surface area contributed by atoms with Crippen molar-refractivity contribution in [3.8, 4) is 0 Å². The third-order valence-electron chi connectivity index (χ3n) is 5.02. The van der Waals surface area contributed by atoms with Gasteiger partial charge in [-0.3, -0.25) is 18.7 Å². The van der Waals surface area contributed by atoms with Gasteiger partial charge in [-0.25, -0.2) is 9.97 Å². The van der Waals surface area contributed by atoms with Crippen molar-refractivity contribution >= 4 is 66.6 Å². The second-order valence-electron chi connectivity index (χ2n) is 7.18. The van der Waals surface area contributed by atoms with Crippen molar-refractivity contribution in [3.05, 3.63) is 79.0 Å². The Bertz CT molecular complexity index is 1450. The lowest BCUT2D eigenvalue weighted by Crippen LogP contribution is -2.18. The Morgan fingerprint density at radius 1 is 0.781 bits per heavy atom. The molecule has 4 heterocycles. The highest BCUT2D eigenvalue weighted by molar-refractivity contribution is 7.98. The van der Waals surface area contributed by atoms with Crippen molar-refractivity contribution in [3.63, 3.8) is 0 Å². The van der Waals surface area contributed by atoms with Crippen LogP contribution in [0.5, 0.6) is 0 Å². The lowest BCUT2D eigenvalue weighted by molar-refractivity contribution is 0.727. The molecule has 6 nitrogen and oxygen atoms in total. The predicted molar refractivity (Wildman–Crippen MR) is 135 cm³/mol. The smallest absolute Gasteiger partial charge is 0.271 e. The second kappa shape index (κ2) is 8.86. The third kappa shape index (κ3) is 4.03. The highest BCUT2D eigenvalue weighted by atomic mass is 32.2. The molecule has 0 spiro atoms. The van der Waals surface area contributed by atoms with Gasteiger partial charge >= 0.3 is 0 Å². The van der Waals surface area contributed by atoms with Gasteiger partial charge in [-0.05, 0) is 34.0 Å². The van der Waals surface area contributed by atoms with Gasteiger partial charge in [-0.1, -0.05) is 47.8 Å². The Balaban J connectivity index is 1.31. The Labute approximate surface area is 200 Å². The number of rotatable bonds is 6. The minimum atomic E-state index is -0.00152. The van der Waals surface area contributed by atoms with Crippen molar-refractivity contribution in [2.24, 2.45) is 14.1 Å². The minimum Gasteiger partial charge on any atom is -0.290 e. The number of thiophene rings is 2. The monoisotopic (exact) mass is 498 g/mol. The van der Waals surface area contributed by atoms with Crippen molar-refractivity contribution in [2.45, 2.75) is 21.8 Å². The van der Waals surface area contributed by atoms with Gasteiger partial charge in [0.1, 0.15) is 9.40 Å². The summed E-state index contributed by atoms with van der Waals surface area (Å²) in [5, 5.41) is 5.22. The zero-order chi connectivity index (χ0) is 22.2. The number of hydrogen-bond donors (Lipinski definition) is 0. The molecule has 0 aliphatic rings. The minimum absolute atomic E-state index is 0.00152. The first kappa shape index (κ1) is 21.4. The zero-order valence-electron chi connectivity index (χ0n) is 17.3. The lowest BCUT2D eigenvalue weighted by Gasteiger charge is -2.09. The summed E-state index contributed by atoms with van der Waals surface area (Å²) < 4.78 is 4.63. The van der Waals surface area contributed by atoms with Crippen LogP contribution in [0.25, 0.3) is 20.4 Å². The third-order valence-corrected chi connectivity index (χ3v) is 9.01. The first-order valence-electron chi connectivity index (χ1n) is 9.73. The van der Waals surface area contributed by atoms with Crippen LogP contribution in [-0.4, -0.2) is 19.1 Å². The van der Waals surface area contributed by atoms with E-state index >= 15 is 0 Å². The van der Waals surface area contributed by atoms with Crippen LogP contribution in [0.4, 0.5) is 0 Å². The van der Waals surface area contributed by atoms with Gasteiger partial charge in [0.15, 0.2) is 10.3 Å². The maximum atomic E-state index is 12.5. The molecule has 0 unspecified atom stereocenters. The number of fused-ring (bicyclic) bond motifs is 2. The number of hydrogen-bond acceptors (Lipinski definition) is 8. The van der Waals surface area contributed by atoms with Crippen LogP contribution < -0.4 is 11.1 Å². The summed E-state index contributed by atoms with van der Waals surface area (Å²) in [5.41, 5.74) is 3.82. The molecule has 32 heavy (non-hydrogen) atoms. The van der Waals surface area contributed by atoms with E-state index in [-0.39, 0.29) is 11.1 Å². The van der Waals surface area contributed by atoms with Crippen LogP contribution in [0.2, 0.25) is 0 Å². The van der Waals surface area contributed by atoms with Crippen LogP contribution in [0, 0.1) is 0 Å². The average Bonchev–Trinajstić information content (AvgIpc) is 3.46. The molecule has 0 aliphatic carbocycles. The molecule has 0 amide bonds. The van der Waals surface area contributed by atoms with E-state index in [0.717, 1.165) is 22.2 Å². The van der Waals surface area contributed by atoms with Gasteiger partial charge in [-0.2, -0.15) is 0 Å². The van der Waals surface area contributed by atoms with Crippen LogP contribution in [0.1, 0.15) is 11.1 Å². The topological polar surface area (TPSA) is 69.8 Å². The van der Waals surface area contributed by atoms with E-state index in [1.54, 1.807) is 46.8 Å². The largest absolute Gasteiger partial charge is 0.290 e. The molecule has 1 aromatic carbocycles. The van der Waals surface area contributed by atoms with E-state index in [1.807, 2.05) is 29.0 Å². The first-order valence-corrected chi connectivity index (χ1v) is 13.5. The molecule has 0 aliphatic heterocycles. The fourth-order valence-corrected chi connectivity index (χ4v) is 6.74. The molecule has 0 saturated carbocycles. The van der Waals surface area contributed by atoms with E-state index < -0.39 is 0 Å². The summed E-state index contributed by atoms with van der Waals surface area (Å²) in [5.74, 6) is 1.43. The summed E-state index contributed by atoms with van der Waals surface area (Å²) in [6.45, 7) is 0. The number of thioether (sulfide) groups is 2. The van der Waals surface area contributed by atoms with Crippen LogP contribution in [-0.2, 0) is 25.6 Å². The molecule has 0 atom stereocenters. The Morgan fingerprint density at radius 3 is 1.72 bits per heavy atom. The molecule has 0 bridgehead atoms. The van der Waals surface area contributed by atoms with Gasteiger partial charge < -0.3 is 0 Å². The number of nitrogens with zero attached hydrogens (tertiary/aromatic N) is 4. The maximum absolute atomic E-state index is 12.5.